The quantitative estimate of drug-likeness (QED) is 0.534. The van der Waals surface area contributed by atoms with Gasteiger partial charge in [0.25, 0.3) is 5.82 Å². The number of benzene rings is 1. The van der Waals surface area contributed by atoms with Crippen LogP contribution in [0.4, 0.5) is 0 Å². The summed E-state index contributed by atoms with van der Waals surface area (Å²) in [5.41, 5.74) is 2.37. The Morgan fingerprint density at radius 3 is 2.54 bits per heavy atom. The lowest BCUT2D eigenvalue weighted by Crippen LogP contribution is -2.44. The molecule has 0 fully saturated rings. The Morgan fingerprint density at radius 2 is 1.86 bits per heavy atom. The van der Waals surface area contributed by atoms with Gasteiger partial charge in [-0.3, -0.25) is 9.59 Å². The van der Waals surface area contributed by atoms with Crippen molar-refractivity contribution in [3.63, 3.8) is 0 Å². The first-order chi connectivity index (χ1) is 13.5. The van der Waals surface area contributed by atoms with E-state index in [1.807, 2.05) is 16.1 Å². The number of rotatable bonds is 5. The molecule has 0 saturated heterocycles. The second-order valence-corrected chi connectivity index (χ2v) is 6.70. The van der Waals surface area contributed by atoms with Crippen LogP contribution in [0.5, 0.6) is 5.88 Å². The molecule has 0 unspecified atom stereocenters. The first kappa shape index (κ1) is 18.1. The highest BCUT2D eigenvalue weighted by Crippen LogP contribution is 2.27. The van der Waals surface area contributed by atoms with E-state index in [0.29, 0.717) is 42.2 Å². The fraction of sp³-hybridized carbons (Fsp3) is 0.238. The second-order valence-electron chi connectivity index (χ2n) is 6.70. The predicted octanol–water partition coefficient (Wildman–Crippen LogP) is 1.65. The number of aromatic nitrogens is 3. The van der Waals surface area contributed by atoms with E-state index >= 15 is 0 Å². The number of carbonyl (C=O) groups excluding carboxylic acids is 2. The third kappa shape index (κ3) is 2.80. The molecule has 4 rings (SSSR count). The van der Waals surface area contributed by atoms with E-state index in [-0.39, 0.29) is 17.4 Å². The van der Waals surface area contributed by atoms with Crippen molar-refractivity contribution in [1.29, 1.82) is 0 Å². The Bertz CT molecular complexity index is 1100. The third-order valence-electron chi connectivity index (χ3n) is 5.06. The first-order valence-corrected chi connectivity index (χ1v) is 8.97. The highest BCUT2D eigenvalue weighted by molar-refractivity contribution is 6.26. The van der Waals surface area contributed by atoms with Crippen molar-refractivity contribution >= 4 is 11.6 Å². The Hall–Kier alpha value is -3.32. The first-order valence-electron chi connectivity index (χ1n) is 8.97. The number of pyridine rings is 1. The molecule has 28 heavy (non-hydrogen) atoms. The second kappa shape index (κ2) is 7.01. The number of ether oxygens (including phenoxy) is 1. The number of fused-ring (bicyclic) bond motifs is 2. The smallest absolute Gasteiger partial charge is 0.254 e. The number of hydrogen-bond donors (Lipinski definition) is 1. The molecular formula is C21H20N3O4+. The Morgan fingerprint density at radius 1 is 1.14 bits per heavy atom. The molecule has 2 heterocycles. The molecule has 0 bridgehead atoms. The molecule has 0 saturated carbocycles. The summed E-state index contributed by atoms with van der Waals surface area (Å²) in [6.45, 7) is 3.09. The van der Waals surface area contributed by atoms with Gasteiger partial charge in [0, 0.05) is 43.0 Å². The lowest BCUT2D eigenvalue weighted by molar-refractivity contribution is -0.705. The van der Waals surface area contributed by atoms with Gasteiger partial charge in [-0.15, -0.1) is 0 Å². The molecule has 0 radical (unpaired) electrons. The summed E-state index contributed by atoms with van der Waals surface area (Å²) >= 11 is 0. The zero-order chi connectivity index (χ0) is 19.8. The van der Waals surface area contributed by atoms with Crippen LogP contribution in [0.3, 0.4) is 0 Å². The third-order valence-corrected chi connectivity index (χ3v) is 5.06. The zero-order valence-corrected chi connectivity index (χ0v) is 15.7. The molecule has 3 aromatic rings. The molecule has 2 aromatic heterocycles. The summed E-state index contributed by atoms with van der Waals surface area (Å²) in [5, 5.41) is 9.68. The lowest BCUT2D eigenvalue weighted by atomic mass is 9.90. The fourth-order valence-corrected chi connectivity index (χ4v) is 3.71. The summed E-state index contributed by atoms with van der Waals surface area (Å²) in [4.78, 5) is 30.3. The molecule has 1 N–H and O–H groups in total. The van der Waals surface area contributed by atoms with Gasteiger partial charge in [0.15, 0.2) is 0 Å². The number of hydrogen-bond acceptors (Lipinski definition) is 5. The van der Waals surface area contributed by atoms with E-state index in [4.69, 9.17) is 4.74 Å². The van der Waals surface area contributed by atoms with E-state index in [2.05, 4.69) is 4.98 Å². The number of carbonyl (C=O) groups is 2. The summed E-state index contributed by atoms with van der Waals surface area (Å²) < 4.78 is 8.87. The van der Waals surface area contributed by atoms with E-state index in [1.54, 1.807) is 43.5 Å². The molecule has 1 aromatic carbocycles. The van der Waals surface area contributed by atoms with Gasteiger partial charge in [0.05, 0.1) is 6.61 Å². The van der Waals surface area contributed by atoms with Crippen LogP contribution in [-0.2, 0) is 17.8 Å². The van der Waals surface area contributed by atoms with Gasteiger partial charge in [-0.1, -0.05) is 24.3 Å². The minimum Gasteiger partial charge on any atom is -0.493 e. The van der Waals surface area contributed by atoms with Crippen molar-refractivity contribution < 1.29 is 24.0 Å². The highest BCUT2D eigenvalue weighted by Gasteiger charge is 2.42. The average molecular weight is 378 g/mol. The Labute approximate surface area is 161 Å². The number of methoxy groups -OCH3 is 1. The van der Waals surface area contributed by atoms with Crippen molar-refractivity contribution in [2.75, 3.05) is 13.7 Å². The normalized spacial score (nSPS) is 12.8. The molecule has 0 aliphatic heterocycles. The monoisotopic (exact) mass is 378 g/mol. The zero-order valence-electron chi connectivity index (χ0n) is 15.7. The summed E-state index contributed by atoms with van der Waals surface area (Å²) in [7, 11) is 1.60. The van der Waals surface area contributed by atoms with Gasteiger partial charge in [-0.05, 0) is 6.07 Å². The van der Waals surface area contributed by atoms with Crippen molar-refractivity contribution in [3.8, 4) is 5.88 Å². The molecule has 1 aliphatic carbocycles. The molecular weight excluding hydrogens is 358 g/mol. The van der Waals surface area contributed by atoms with Gasteiger partial charge >= 0.3 is 0 Å². The van der Waals surface area contributed by atoms with Crippen LogP contribution in [0.1, 0.15) is 43.5 Å². The van der Waals surface area contributed by atoms with Gasteiger partial charge in [-0.25, -0.2) is 14.1 Å². The maximum absolute atomic E-state index is 13.3. The van der Waals surface area contributed by atoms with Gasteiger partial charge < -0.3 is 9.84 Å². The SMILES string of the molecule is COCC[n+]1c2c(n(Cc3ccnc(O)c3)c1C)C(=O)c1ccccc1C2=O. The molecule has 0 spiro atoms. The standard InChI is InChI=1S/C21H19N3O4/c1-13-23(9-10-28-2)18-19(24(13)12-14-7-8-22-17(25)11-14)21(27)16-6-4-3-5-15(16)20(18)26/h3-8,11H,9-10,12H2,1-2H3/p+1. The maximum atomic E-state index is 13.3. The van der Waals surface area contributed by atoms with Crippen LogP contribution in [0, 0.1) is 6.92 Å². The highest BCUT2D eigenvalue weighted by atomic mass is 16.5. The number of imidazole rings is 1. The molecule has 0 amide bonds. The van der Waals surface area contributed by atoms with Crippen LogP contribution in [0.2, 0.25) is 0 Å². The van der Waals surface area contributed by atoms with Crippen LogP contribution in [-0.4, -0.2) is 39.9 Å². The van der Waals surface area contributed by atoms with Gasteiger partial charge in [0.1, 0.15) is 13.1 Å². The molecule has 142 valence electrons. The van der Waals surface area contributed by atoms with E-state index in [0.717, 1.165) is 11.4 Å². The van der Waals surface area contributed by atoms with Crippen molar-refractivity contribution in [3.05, 3.63) is 76.5 Å². The van der Waals surface area contributed by atoms with Crippen molar-refractivity contribution in [2.24, 2.45) is 0 Å². The van der Waals surface area contributed by atoms with E-state index in [1.165, 1.54) is 6.20 Å². The van der Waals surface area contributed by atoms with Crippen LogP contribution in [0.25, 0.3) is 0 Å². The Kier molecular flexibility index (Phi) is 4.52. The average Bonchev–Trinajstić information content (AvgIpc) is 2.97. The van der Waals surface area contributed by atoms with Crippen molar-refractivity contribution in [1.82, 2.24) is 9.55 Å². The number of nitrogens with zero attached hydrogens (tertiary/aromatic N) is 3. The van der Waals surface area contributed by atoms with Crippen LogP contribution >= 0.6 is 0 Å². The number of ketones is 2. The topological polar surface area (TPSA) is 85.3 Å². The fourth-order valence-electron chi connectivity index (χ4n) is 3.71. The summed E-state index contributed by atoms with van der Waals surface area (Å²) in [5.74, 6) is 0.340. The van der Waals surface area contributed by atoms with Gasteiger partial charge in [-0.2, -0.15) is 0 Å². The molecule has 7 nitrogen and oxygen atoms in total. The van der Waals surface area contributed by atoms with Gasteiger partial charge in [0.2, 0.25) is 28.8 Å². The van der Waals surface area contributed by atoms with Crippen LogP contribution in [0.15, 0.2) is 42.6 Å². The largest absolute Gasteiger partial charge is 0.493 e. The predicted molar refractivity (Wildman–Crippen MR) is 99.6 cm³/mol. The number of aromatic hydroxyl groups is 1. The maximum Gasteiger partial charge on any atom is 0.254 e. The van der Waals surface area contributed by atoms with Crippen LogP contribution < -0.4 is 4.57 Å². The van der Waals surface area contributed by atoms with E-state index in [9.17, 15) is 14.7 Å². The minimum absolute atomic E-state index is 0.0869. The van der Waals surface area contributed by atoms with E-state index < -0.39 is 0 Å². The summed E-state index contributed by atoms with van der Waals surface area (Å²) in [6.07, 6.45) is 1.51. The molecule has 7 heteroatoms. The molecule has 1 aliphatic rings. The lowest BCUT2D eigenvalue weighted by Gasteiger charge is -2.13. The molecule has 0 atom stereocenters. The summed E-state index contributed by atoms with van der Waals surface area (Å²) in [6, 6.07) is 10.2. The van der Waals surface area contributed by atoms with Crippen molar-refractivity contribution in [2.45, 2.75) is 20.0 Å². The Balaban J connectivity index is 1.91. The minimum atomic E-state index is -0.178.